The maximum atomic E-state index is 2.60. The van der Waals surface area contributed by atoms with Gasteiger partial charge in [0, 0.05) is 18.2 Å². The van der Waals surface area contributed by atoms with E-state index in [9.17, 15) is 0 Å². The highest BCUT2D eigenvalue weighted by Gasteiger charge is 2.10. The zero-order valence-corrected chi connectivity index (χ0v) is 13.1. The number of rotatable bonds is 11. The fraction of sp³-hybridized carbons (Fsp3) is 1.00. The fourth-order valence-corrected chi connectivity index (χ4v) is 4.18. The quantitative estimate of drug-likeness (QED) is 0.512. The molecule has 0 aromatic rings. The van der Waals surface area contributed by atoms with Gasteiger partial charge in [0.2, 0.25) is 0 Å². The Morgan fingerprint density at radius 1 is 1.00 bits per heavy atom. The normalized spacial score (nSPS) is 16.8. The van der Waals surface area contributed by atoms with Gasteiger partial charge >= 0.3 is 0 Å². The number of hydrogen-bond donors (Lipinski definition) is 0. The first-order valence-electron chi connectivity index (χ1n) is 7.31. The van der Waals surface area contributed by atoms with Gasteiger partial charge < -0.3 is 0 Å². The summed E-state index contributed by atoms with van der Waals surface area (Å²) < 4.78 is 0. The summed E-state index contributed by atoms with van der Waals surface area (Å²) in [6.45, 7) is 4.95. The van der Waals surface area contributed by atoms with Gasteiger partial charge in [0.1, 0.15) is 0 Å². The Morgan fingerprint density at radius 3 is 2.53 bits per heavy atom. The lowest BCUT2D eigenvalue weighted by Crippen LogP contribution is -2.20. The molecule has 1 rings (SSSR count). The van der Waals surface area contributed by atoms with Crippen LogP contribution in [0.3, 0.4) is 0 Å². The van der Waals surface area contributed by atoms with E-state index >= 15 is 0 Å². The van der Waals surface area contributed by atoms with Gasteiger partial charge in [-0.15, -0.1) is 11.8 Å². The van der Waals surface area contributed by atoms with Crippen molar-refractivity contribution in [2.45, 2.75) is 51.9 Å². The summed E-state index contributed by atoms with van der Waals surface area (Å²) in [4.78, 5) is 2.60. The molecular formula is C14H29NS2. The van der Waals surface area contributed by atoms with E-state index in [0.717, 1.165) is 0 Å². The van der Waals surface area contributed by atoms with Crippen molar-refractivity contribution in [2.24, 2.45) is 0 Å². The first-order valence-corrected chi connectivity index (χ1v) is 9.62. The van der Waals surface area contributed by atoms with Crippen molar-refractivity contribution in [1.29, 1.82) is 0 Å². The smallest absolute Gasteiger partial charge is 0.0445 e. The second-order valence-electron chi connectivity index (χ2n) is 4.89. The second-order valence-corrected chi connectivity index (χ2v) is 7.19. The van der Waals surface area contributed by atoms with Gasteiger partial charge in [-0.1, -0.05) is 32.6 Å². The molecule has 0 spiro atoms. The third kappa shape index (κ3) is 9.26. The highest BCUT2D eigenvalue weighted by molar-refractivity contribution is 7.99. The van der Waals surface area contributed by atoms with Gasteiger partial charge in [-0.05, 0) is 37.3 Å². The number of nitrogens with zero attached hydrogens (tertiary/aromatic N) is 1. The molecule has 0 saturated carbocycles. The van der Waals surface area contributed by atoms with Gasteiger partial charge in [0.05, 0.1) is 0 Å². The Hall–Kier alpha value is 0.660. The summed E-state index contributed by atoms with van der Waals surface area (Å²) >= 11 is 4.24. The zero-order valence-electron chi connectivity index (χ0n) is 11.5. The van der Waals surface area contributed by atoms with Gasteiger partial charge in [0.25, 0.3) is 0 Å². The summed E-state index contributed by atoms with van der Waals surface area (Å²) in [5, 5.41) is 0. The summed E-state index contributed by atoms with van der Waals surface area (Å²) in [7, 11) is 0. The van der Waals surface area contributed by atoms with Crippen LogP contribution in [-0.2, 0) is 0 Å². The topological polar surface area (TPSA) is 3.24 Å². The molecule has 1 saturated heterocycles. The van der Waals surface area contributed by atoms with Crippen LogP contribution in [0.15, 0.2) is 0 Å². The Balaban J connectivity index is 1.69. The van der Waals surface area contributed by atoms with E-state index in [0.29, 0.717) is 0 Å². The fourth-order valence-electron chi connectivity index (χ4n) is 2.05. The molecule has 1 aliphatic rings. The standard InChI is InChI=1S/C14H29NS2/c1-2-3-11-16-12-8-6-4-5-7-9-15-10-13-17-14-15/h2-14H2,1H3. The first kappa shape index (κ1) is 15.7. The average Bonchev–Trinajstić information content (AvgIpc) is 2.85. The molecule has 1 fully saturated rings. The molecule has 0 unspecified atom stereocenters. The highest BCUT2D eigenvalue weighted by Crippen LogP contribution is 2.15. The molecule has 0 radical (unpaired) electrons. The van der Waals surface area contributed by atoms with Crippen molar-refractivity contribution in [3.63, 3.8) is 0 Å². The van der Waals surface area contributed by atoms with E-state index in [2.05, 4.69) is 35.3 Å². The SMILES string of the molecule is CCCCSCCCCCCCN1CCSC1. The van der Waals surface area contributed by atoms with E-state index in [1.807, 2.05) is 0 Å². The minimum atomic E-state index is 1.29. The predicted octanol–water partition coefficient (Wildman–Crippen LogP) is 4.48. The van der Waals surface area contributed by atoms with Crippen molar-refractivity contribution in [3.05, 3.63) is 0 Å². The van der Waals surface area contributed by atoms with Crippen LogP contribution in [-0.4, -0.2) is 41.1 Å². The second kappa shape index (κ2) is 11.7. The van der Waals surface area contributed by atoms with Gasteiger partial charge in [-0.25, -0.2) is 0 Å². The molecule has 102 valence electrons. The van der Waals surface area contributed by atoms with Crippen LogP contribution >= 0.6 is 23.5 Å². The van der Waals surface area contributed by atoms with Crippen LogP contribution < -0.4 is 0 Å². The Kier molecular flexibility index (Phi) is 10.8. The van der Waals surface area contributed by atoms with Crippen molar-refractivity contribution in [1.82, 2.24) is 4.90 Å². The molecule has 0 amide bonds. The molecule has 0 aromatic carbocycles. The van der Waals surface area contributed by atoms with Gasteiger partial charge in [-0.3, -0.25) is 4.90 Å². The van der Waals surface area contributed by atoms with Gasteiger partial charge in [0.15, 0.2) is 0 Å². The van der Waals surface area contributed by atoms with Crippen molar-refractivity contribution < 1.29 is 0 Å². The zero-order chi connectivity index (χ0) is 12.2. The predicted molar refractivity (Wildman–Crippen MR) is 84.2 cm³/mol. The highest BCUT2D eigenvalue weighted by atomic mass is 32.2. The molecule has 1 aliphatic heterocycles. The van der Waals surface area contributed by atoms with Crippen LogP contribution in [0.1, 0.15) is 51.9 Å². The van der Waals surface area contributed by atoms with Crippen molar-refractivity contribution in [2.75, 3.05) is 36.2 Å². The Labute approximate surface area is 116 Å². The van der Waals surface area contributed by atoms with Gasteiger partial charge in [-0.2, -0.15) is 11.8 Å². The molecule has 17 heavy (non-hydrogen) atoms. The first-order chi connectivity index (χ1) is 8.43. The third-order valence-corrected chi connectivity index (χ3v) is 5.40. The molecular weight excluding hydrogens is 246 g/mol. The van der Waals surface area contributed by atoms with E-state index < -0.39 is 0 Å². The number of hydrogen-bond acceptors (Lipinski definition) is 3. The summed E-state index contributed by atoms with van der Waals surface area (Å²) in [6.07, 6.45) is 9.96. The Bertz CT molecular complexity index is 158. The lowest BCUT2D eigenvalue weighted by atomic mass is 10.1. The van der Waals surface area contributed by atoms with Crippen LogP contribution in [0.4, 0.5) is 0 Å². The molecule has 0 aromatic heterocycles. The molecule has 1 nitrogen and oxygen atoms in total. The van der Waals surface area contributed by atoms with Crippen molar-refractivity contribution >= 4 is 23.5 Å². The minimum Gasteiger partial charge on any atom is -0.293 e. The summed E-state index contributed by atoms with van der Waals surface area (Å²) in [5.41, 5.74) is 0. The van der Waals surface area contributed by atoms with E-state index in [-0.39, 0.29) is 0 Å². The number of unbranched alkanes of at least 4 members (excludes halogenated alkanes) is 5. The largest absolute Gasteiger partial charge is 0.293 e. The molecule has 1 heterocycles. The van der Waals surface area contributed by atoms with Crippen LogP contribution in [0.2, 0.25) is 0 Å². The average molecular weight is 276 g/mol. The van der Waals surface area contributed by atoms with E-state index in [1.54, 1.807) is 0 Å². The van der Waals surface area contributed by atoms with Crippen molar-refractivity contribution in [3.8, 4) is 0 Å². The molecule has 0 N–H and O–H groups in total. The van der Waals surface area contributed by atoms with E-state index in [4.69, 9.17) is 0 Å². The molecule has 0 bridgehead atoms. The monoisotopic (exact) mass is 275 g/mol. The van der Waals surface area contributed by atoms with Crippen LogP contribution in [0, 0.1) is 0 Å². The van der Waals surface area contributed by atoms with E-state index in [1.165, 1.54) is 81.2 Å². The van der Waals surface area contributed by atoms with Crippen LogP contribution in [0.25, 0.3) is 0 Å². The molecule has 0 atom stereocenters. The summed E-state index contributed by atoms with van der Waals surface area (Å²) in [5.74, 6) is 5.41. The third-order valence-electron chi connectivity index (χ3n) is 3.23. The minimum absolute atomic E-state index is 1.29. The number of thioether (sulfide) groups is 2. The van der Waals surface area contributed by atoms with Crippen LogP contribution in [0.5, 0.6) is 0 Å². The lowest BCUT2D eigenvalue weighted by Gasteiger charge is -2.12. The molecule has 3 heteroatoms. The lowest BCUT2D eigenvalue weighted by molar-refractivity contribution is 0.343. The Morgan fingerprint density at radius 2 is 1.76 bits per heavy atom. The summed E-state index contributed by atoms with van der Waals surface area (Å²) in [6, 6.07) is 0. The molecule has 0 aliphatic carbocycles. The maximum absolute atomic E-state index is 2.60. The maximum Gasteiger partial charge on any atom is 0.0445 e.